The molecule has 0 fully saturated rings. The molecule has 1 N–H and O–H groups in total. The zero-order valence-corrected chi connectivity index (χ0v) is 9.40. The lowest BCUT2D eigenvalue weighted by Gasteiger charge is -2.05. The minimum atomic E-state index is -0.412. The molecule has 16 heavy (non-hydrogen) atoms. The molecule has 0 atom stereocenters. The average molecular weight is 225 g/mol. The molecule has 1 heterocycles. The first-order chi connectivity index (χ1) is 7.65. The number of hydrogen-bond acceptors (Lipinski definition) is 5. The van der Waals surface area contributed by atoms with Crippen LogP contribution in [0.2, 0.25) is 0 Å². The van der Waals surface area contributed by atoms with Gasteiger partial charge in [0.25, 0.3) is 5.69 Å². The van der Waals surface area contributed by atoms with Crippen molar-refractivity contribution in [2.24, 2.45) is 0 Å². The van der Waals surface area contributed by atoms with Crippen molar-refractivity contribution in [3.63, 3.8) is 0 Å². The maximum Gasteiger partial charge on any atom is 0.277 e. The zero-order valence-electron chi connectivity index (χ0n) is 9.40. The van der Waals surface area contributed by atoms with Crippen molar-refractivity contribution in [1.82, 2.24) is 4.98 Å². The molecule has 0 saturated heterocycles. The molecule has 6 nitrogen and oxygen atoms in total. The van der Waals surface area contributed by atoms with E-state index in [1.165, 1.54) is 12.3 Å². The summed E-state index contributed by atoms with van der Waals surface area (Å²) < 4.78 is 5.13. The van der Waals surface area contributed by atoms with Gasteiger partial charge in [-0.1, -0.05) is 0 Å². The Kier molecular flexibility index (Phi) is 4.65. The average Bonchev–Trinajstić information content (AvgIpc) is 2.26. The first kappa shape index (κ1) is 12.4. The fraction of sp³-hybridized carbons (Fsp3) is 0.500. The van der Waals surface area contributed by atoms with Gasteiger partial charge in [0.15, 0.2) is 0 Å². The lowest BCUT2D eigenvalue weighted by atomic mass is 10.2. The van der Waals surface area contributed by atoms with Gasteiger partial charge in [0.05, 0.1) is 17.6 Å². The van der Waals surface area contributed by atoms with E-state index in [-0.39, 0.29) is 5.69 Å². The number of nitrogens with one attached hydrogen (secondary N) is 1. The third kappa shape index (κ3) is 3.47. The van der Waals surface area contributed by atoms with Crippen LogP contribution in [0.5, 0.6) is 0 Å². The van der Waals surface area contributed by atoms with Gasteiger partial charge in [-0.2, -0.15) is 0 Å². The SMILES string of the molecule is CCOCCNc1cc([N+](=O)[O-])c(C)cn1. The molecule has 0 aliphatic rings. The summed E-state index contributed by atoms with van der Waals surface area (Å²) in [4.78, 5) is 14.3. The topological polar surface area (TPSA) is 77.3 Å². The van der Waals surface area contributed by atoms with Crippen LogP contribution in [0.3, 0.4) is 0 Å². The number of anilines is 1. The third-order valence-corrected chi connectivity index (χ3v) is 2.03. The van der Waals surface area contributed by atoms with Crippen LogP contribution in [-0.4, -0.2) is 29.7 Å². The second kappa shape index (κ2) is 6.02. The molecule has 1 aromatic rings. The molecular weight excluding hydrogens is 210 g/mol. The summed E-state index contributed by atoms with van der Waals surface area (Å²) in [6.07, 6.45) is 1.49. The van der Waals surface area contributed by atoms with Gasteiger partial charge in [0.1, 0.15) is 5.82 Å². The maximum atomic E-state index is 10.7. The van der Waals surface area contributed by atoms with E-state index in [1.807, 2.05) is 6.92 Å². The van der Waals surface area contributed by atoms with Crippen LogP contribution in [0.4, 0.5) is 11.5 Å². The quantitative estimate of drug-likeness (QED) is 0.453. The third-order valence-electron chi connectivity index (χ3n) is 2.03. The number of nitro groups is 1. The standard InChI is InChI=1S/C10H15N3O3/c1-3-16-5-4-11-10-6-9(13(14)15)8(2)7-12-10/h6-7H,3-5H2,1-2H3,(H,11,12). The van der Waals surface area contributed by atoms with E-state index >= 15 is 0 Å². The highest BCUT2D eigenvalue weighted by Crippen LogP contribution is 2.19. The van der Waals surface area contributed by atoms with Gasteiger partial charge >= 0.3 is 0 Å². The van der Waals surface area contributed by atoms with Gasteiger partial charge < -0.3 is 10.1 Å². The van der Waals surface area contributed by atoms with E-state index < -0.39 is 4.92 Å². The number of aryl methyl sites for hydroxylation is 1. The molecule has 0 amide bonds. The van der Waals surface area contributed by atoms with Crippen molar-refractivity contribution < 1.29 is 9.66 Å². The number of pyridine rings is 1. The highest BCUT2D eigenvalue weighted by molar-refractivity contribution is 5.48. The summed E-state index contributed by atoms with van der Waals surface area (Å²) in [6, 6.07) is 1.43. The van der Waals surface area contributed by atoms with E-state index in [0.29, 0.717) is 31.1 Å². The molecule has 1 rings (SSSR count). The summed E-state index contributed by atoms with van der Waals surface area (Å²) >= 11 is 0. The largest absolute Gasteiger partial charge is 0.380 e. The Morgan fingerprint density at radius 2 is 2.38 bits per heavy atom. The predicted molar refractivity (Wildman–Crippen MR) is 60.6 cm³/mol. The number of aromatic nitrogens is 1. The highest BCUT2D eigenvalue weighted by Gasteiger charge is 2.11. The fourth-order valence-corrected chi connectivity index (χ4v) is 1.20. The minimum Gasteiger partial charge on any atom is -0.380 e. The van der Waals surface area contributed by atoms with Crippen molar-refractivity contribution in [1.29, 1.82) is 0 Å². The summed E-state index contributed by atoms with van der Waals surface area (Å²) in [5.74, 6) is 0.497. The molecule has 0 aliphatic heterocycles. The number of hydrogen-bond donors (Lipinski definition) is 1. The zero-order chi connectivity index (χ0) is 12.0. The molecule has 0 unspecified atom stereocenters. The Morgan fingerprint density at radius 1 is 1.62 bits per heavy atom. The fourth-order valence-electron chi connectivity index (χ4n) is 1.20. The second-order valence-corrected chi connectivity index (χ2v) is 3.24. The van der Waals surface area contributed by atoms with Crippen LogP contribution in [0.1, 0.15) is 12.5 Å². The van der Waals surface area contributed by atoms with E-state index in [2.05, 4.69) is 10.3 Å². The molecular formula is C10H15N3O3. The summed E-state index contributed by atoms with van der Waals surface area (Å²) in [5.41, 5.74) is 0.634. The predicted octanol–water partition coefficient (Wildman–Crippen LogP) is 1.75. The van der Waals surface area contributed by atoms with Crippen molar-refractivity contribution in [2.75, 3.05) is 25.1 Å². The summed E-state index contributed by atoms with van der Waals surface area (Å²) in [7, 11) is 0. The van der Waals surface area contributed by atoms with Crippen LogP contribution < -0.4 is 5.32 Å². The molecule has 0 saturated carbocycles. The van der Waals surface area contributed by atoms with Crippen LogP contribution in [0.15, 0.2) is 12.3 Å². The van der Waals surface area contributed by atoms with E-state index in [0.717, 1.165) is 0 Å². The Bertz CT molecular complexity index is 368. The lowest BCUT2D eigenvalue weighted by molar-refractivity contribution is -0.385. The van der Waals surface area contributed by atoms with Crippen LogP contribution >= 0.6 is 0 Å². The van der Waals surface area contributed by atoms with Gasteiger partial charge in [0.2, 0.25) is 0 Å². The Labute approximate surface area is 93.8 Å². The molecule has 6 heteroatoms. The molecule has 0 radical (unpaired) electrons. The van der Waals surface area contributed by atoms with Gasteiger partial charge in [-0.3, -0.25) is 10.1 Å². The van der Waals surface area contributed by atoms with Gasteiger partial charge in [-0.15, -0.1) is 0 Å². The van der Waals surface area contributed by atoms with E-state index in [4.69, 9.17) is 4.74 Å². The monoisotopic (exact) mass is 225 g/mol. The number of rotatable bonds is 6. The van der Waals surface area contributed by atoms with Crippen LogP contribution in [-0.2, 0) is 4.74 Å². The van der Waals surface area contributed by atoms with Gasteiger partial charge in [0, 0.05) is 24.9 Å². The molecule has 0 bridgehead atoms. The molecule has 0 aromatic carbocycles. The summed E-state index contributed by atoms with van der Waals surface area (Å²) in [6.45, 7) is 5.37. The Hall–Kier alpha value is -1.69. The highest BCUT2D eigenvalue weighted by atomic mass is 16.6. The summed E-state index contributed by atoms with van der Waals surface area (Å²) in [5, 5.41) is 13.6. The Morgan fingerprint density at radius 3 is 3.00 bits per heavy atom. The smallest absolute Gasteiger partial charge is 0.277 e. The van der Waals surface area contributed by atoms with Gasteiger partial charge in [-0.25, -0.2) is 4.98 Å². The molecule has 0 aliphatic carbocycles. The lowest BCUT2D eigenvalue weighted by Crippen LogP contribution is -2.10. The van der Waals surface area contributed by atoms with Crippen molar-refractivity contribution >= 4 is 11.5 Å². The van der Waals surface area contributed by atoms with Crippen molar-refractivity contribution in [3.8, 4) is 0 Å². The molecule has 0 spiro atoms. The second-order valence-electron chi connectivity index (χ2n) is 3.24. The van der Waals surface area contributed by atoms with Crippen LogP contribution in [0, 0.1) is 17.0 Å². The minimum absolute atomic E-state index is 0.0777. The first-order valence-electron chi connectivity index (χ1n) is 5.07. The van der Waals surface area contributed by atoms with Gasteiger partial charge in [-0.05, 0) is 13.8 Å². The van der Waals surface area contributed by atoms with Crippen LogP contribution in [0.25, 0.3) is 0 Å². The van der Waals surface area contributed by atoms with E-state index in [1.54, 1.807) is 6.92 Å². The molecule has 88 valence electrons. The van der Waals surface area contributed by atoms with Crippen molar-refractivity contribution in [2.45, 2.75) is 13.8 Å². The van der Waals surface area contributed by atoms with E-state index in [9.17, 15) is 10.1 Å². The normalized spacial score (nSPS) is 10.1. The molecule has 1 aromatic heterocycles. The first-order valence-corrected chi connectivity index (χ1v) is 5.07. The van der Waals surface area contributed by atoms with Crippen molar-refractivity contribution in [3.05, 3.63) is 27.9 Å². The number of ether oxygens (including phenoxy) is 1. The Balaban J connectivity index is 2.61. The number of nitrogens with zero attached hydrogens (tertiary/aromatic N) is 2. The maximum absolute atomic E-state index is 10.7.